The van der Waals surface area contributed by atoms with Crippen molar-refractivity contribution in [3.63, 3.8) is 0 Å². The monoisotopic (exact) mass is 292 g/mol. The maximum atomic E-state index is 5.96. The first-order valence-electron chi connectivity index (χ1n) is 5.72. The van der Waals surface area contributed by atoms with E-state index in [9.17, 15) is 0 Å². The van der Waals surface area contributed by atoms with Gasteiger partial charge in [-0.05, 0) is 36.8 Å². The van der Waals surface area contributed by atoms with Crippen LogP contribution in [0.1, 0.15) is 5.56 Å². The average molecular weight is 293 g/mol. The molecule has 0 aliphatic carbocycles. The summed E-state index contributed by atoms with van der Waals surface area (Å²) in [6.45, 7) is 1.99. The van der Waals surface area contributed by atoms with Gasteiger partial charge in [-0.1, -0.05) is 35.3 Å². The Bertz CT molecular complexity index is 752. The number of nitrogens with one attached hydrogen (secondary N) is 1. The topological polar surface area (TPSA) is 38.1 Å². The number of para-hydroxylation sites is 1. The predicted molar refractivity (Wildman–Crippen MR) is 78.5 cm³/mol. The molecule has 0 unspecified atom stereocenters. The molecule has 2 aromatic carbocycles. The Morgan fingerprint density at radius 1 is 1.11 bits per heavy atom. The minimum atomic E-state index is 0.433. The fraction of sp³-hybridized carbons (Fsp3) is 0.0714. The van der Waals surface area contributed by atoms with Crippen LogP contribution in [-0.4, -0.2) is 4.98 Å². The highest BCUT2D eigenvalue weighted by atomic mass is 35.5. The highest BCUT2D eigenvalue weighted by Gasteiger charge is 2.08. The molecule has 0 bridgehead atoms. The van der Waals surface area contributed by atoms with Crippen LogP contribution in [0.4, 0.5) is 11.7 Å². The molecule has 0 aliphatic heterocycles. The summed E-state index contributed by atoms with van der Waals surface area (Å²) < 4.78 is 5.62. The number of halogens is 2. The number of aryl methyl sites for hydroxylation is 1. The van der Waals surface area contributed by atoms with Crippen LogP contribution in [0.2, 0.25) is 10.0 Å². The number of rotatable bonds is 2. The van der Waals surface area contributed by atoms with Gasteiger partial charge in [0.1, 0.15) is 5.52 Å². The molecule has 0 saturated carbocycles. The minimum Gasteiger partial charge on any atom is -0.423 e. The van der Waals surface area contributed by atoms with Gasteiger partial charge in [0, 0.05) is 5.69 Å². The first kappa shape index (κ1) is 12.3. The SMILES string of the molecule is Cc1cccc2oc(Nc3ccc(Cl)c(Cl)c3)nc12. The number of aromatic nitrogens is 1. The van der Waals surface area contributed by atoms with Crippen LogP contribution in [0, 0.1) is 6.92 Å². The third kappa shape index (κ3) is 2.39. The summed E-state index contributed by atoms with van der Waals surface area (Å²) in [4.78, 5) is 4.41. The van der Waals surface area contributed by atoms with Crippen molar-refractivity contribution in [2.24, 2.45) is 0 Å². The number of hydrogen-bond acceptors (Lipinski definition) is 3. The molecular weight excluding hydrogens is 283 g/mol. The first-order valence-corrected chi connectivity index (χ1v) is 6.47. The molecule has 96 valence electrons. The Hall–Kier alpha value is -1.71. The summed E-state index contributed by atoms with van der Waals surface area (Å²) in [5.74, 6) is 0. The van der Waals surface area contributed by atoms with Crippen LogP contribution in [-0.2, 0) is 0 Å². The van der Waals surface area contributed by atoms with E-state index >= 15 is 0 Å². The average Bonchev–Trinajstić information content (AvgIpc) is 2.78. The van der Waals surface area contributed by atoms with Gasteiger partial charge in [0.05, 0.1) is 10.0 Å². The molecule has 1 aromatic heterocycles. The molecule has 0 saturated heterocycles. The van der Waals surface area contributed by atoms with Gasteiger partial charge in [0.2, 0.25) is 0 Å². The molecule has 19 heavy (non-hydrogen) atoms. The third-order valence-corrected chi connectivity index (χ3v) is 3.53. The highest BCUT2D eigenvalue weighted by Crippen LogP contribution is 2.28. The second-order valence-electron chi connectivity index (χ2n) is 4.19. The van der Waals surface area contributed by atoms with E-state index in [4.69, 9.17) is 27.6 Å². The second-order valence-corrected chi connectivity index (χ2v) is 5.01. The zero-order chi connectivity index (χ0) is 13.4. The molecule has 3 aromatic rings. The van der Waals surface area contributed by atoms with E-state index in [0.29, 0.717) is 16.1 Å². The van der Waals surface area contributed by atoms with Gasteiger partial charge in [0.15, 0.2) is 5.58 Å². The molecule has 0 radical (unpaired) electrons. The number of anilines is 2. The normalized spacial score (nSPS) is 10.9. The standard InChI is InChI=1S/C14H10Cl2N2O/c1-8-3-2-4-12-13(8)18-14(19-12)17-9-5-6-10(15)11(16)7-9/h2-7H,1H3,(H,17,18). The molecule has 0 fully saturated rings. The van der Waals surface area contributed by atoms with Crippen LogP contribution in [0.25, 0.3) is 11.1 Å². The highest BCUT2D eigenvalue weighted by molar-refractivity contribution is 6.42. The van der Waals surface area contributed by atoms with Gasteiger partial charge >= 0.3 is 0 Å². The van der Waals surface area contributed by atoms with E-state index in [1.807, 2.05) is 31.2 Å². The Labute approximate surface area is 120 Å². The van der Waals surface area contributed by atoms with Crippen LogP contribution >= 0.6 is 23.2 Å². The molecule has 0 aliphatic rings. The zero-order valence-electron chi connectivity index (χ0n) is 10.1. The minimum absolute atomic E-state index is 0.433. The van der Waals surface area contributed by atoms with Crippen molar-refractivity contribution < 1.29 is 4.42 Å². The van der Waals surface area contributed by atoms with Crippen molar-refractivity contribution in [2.75, 3.05) is 5.32 Å². The summed E-state index contributed by atoms with van der Waals surface area (Å²) in [5, 5.41) is 4.07. The fourth-order valence-corrected chi connectivity index (χ4v) is 2.14. The summed E-state index contributed by atoms with van der Waals surface area (Å²) in [5.41, 5.74) is 3.45. The second kappa shape index (κ2) is 4.76. The molecule has 5 heteroatoms. The van der Waals surface area contributed by atoms with Gasteiger partial charge < -0.3 is 9.73 Å². The maximum absolute atomic E-state index is 5.96. The quantitative estimate of drug-likeness (QED) is 0.706. The summed E-state index contributed by atoms with van der Waals surface area (Å²) >= 11 is 11.8. The van der Waals surface area contributed by atoms with Gasteiger partial charge in [-0.3, -0.25) is 0 Å². The van der Waals surface area contributed by atoms with Crippen LogP contribution in [0.5, 0.6) is 0 Å². The van der Waals surface area contributed by atoms with E-state index in [2.05, 4.69) is 10.3 Å². The van der Waals surface area contributed by atoms with Gasteiger partial charge in [-0.15, -0.1) is 0 Å². The van der Waals surface area contributed by atoms with E-state index in [1.54, 1.807) is 12.1 Å². The molecule has 0 amide bonds. The Balaban J connectivity index is 1.96. The van der Waals surface area contributed by atoms with Crippen molar-refractivity contribution in [2.45, 2.75) is 6.92 Å². The first-order chi connectivity index (χ1) is 9.13. The molecule has 3 rings (SSSR count). The van der Waals surface area contributed by atoms with Gasteiger partial charge in [0.25, 0.3) is 6.01 Å². The van der Waals surface area contributed by atoms with E-state index in [-0.39, 0.29) is 0 Å². The Morgan fingerprint density at radius 3 is 2.68 bits per heavy atom. The van der Waals surface area contributed by atoms with Crippen LogP contribution < -0.4 is 5.32 Å². The van der Waals surface area contributed by atoms with Crippen LogP contribution in [0.15, 0.2) is 40.8 Å². The lowest BCUT2D eigenvalue weighted by Gasteiger charge is -2.02. The summed E-state index contributed by atoms with van der Waals surface area (Å²) in [6, 6.07) is 11.5. The van der Waals surface area contributed by atoms with E-state index in [1.165, 1.54) is 0 Å². The largest absolute Gasteiger partial charge is 0.423 e. The summed E-state index contributed by atoms with van der Waals surface area (Å²) in [7, 11) is 0. The van der Waals surface area contributed by atoms with Crippen molar-refractivity contribution in [3.05, 3.63) is 52.0 Å². The smallest absolute Gasteiger partial charge is 0.300 e. The Kier molecular flexibility index (Phi) is 3.09. The maximum Gasteiger partial charge on any atom is 0.300 e. The zero-order valence-corrected chi connectivity index (χ0v) is 11.6. The molecular formula is C14H10Cl2N2O. The van der Waals surface area contributed by atoms with Crippen molar-refractivity contribution in [1.82, 2.24) is 4.98 Å². The van der Waals surface area contributed by atoms with Crippen molar-refractivity contribution in [3.8, 4) is 0 Å². The molecule has 1 N–H and O–H groups in total. The number of oxazole rings is 1. The Morgan fingerprint density at radius 2 is 1.95 bits per heavy atom. The number of benzene rings is 2. The molecule has 0 atom stereocenters. The molecule has 1 heterocycles. The van der Waals surface area contributed by atoms with Crippen molar-refractivity contribution >= 4 is 46.0 Å². The number of hydrogen-bond donors (Lipinski definition) is 1. The van der Waals surface area contributed by atoms with Crippen molar-refractivity contribution in [1.29, 1.82) is 0 Å². The fourth-order valence-electron chi connectivity index (χ4n) is 1.84. The lowest BCUT2D eigenvalue weighted by atomic mass is 10.2. The van der Waals surface area contributed by atoms with Crippen LogP contribution in [0.3, 0.4) is 0 Å². The molecule has 3 nitrogen and oxygen atoms in total. The lowest BCUT2D eigenvalue weighted by Crippen LogP contribution is -1.90. The van der Waals surface area contributed by atoms with Gasteiger partial charge in [-0.25, -0.2) is 0 Å². The number of fused-ring (bicyclic) bond motifs is 1. The third-order valence-electron chi connectivity index (χ3n) is 2.79. The molecule has 0 spiro atoms. The predicted octanol–water partition coefficient (Wildman–Crippen LogP) is 5.19. The number of nitrogens with zero attached hydrogens (tertiary/aromatic N) is 1. The summed E-state index contributed by atoms with van der Waals surface area (Å²) in [6.07, 6.45) is 0. The van der Waals surface area contributed by atoms with E-state index in [0.717, 1.165) is 22.4 Å². The van der Waals surface area contributed by atoms with E-state index < -0.39 is 0 Å². The lowest BCUT2D eigenvalue weighted by molar-refractivity contribution is 0.623. The van der Waals surface area contributed by atoms with Gasteiger partial charge in [-0.2, -0.15) is 4.98 Å².